The molecule has 0 amide bonds. The Labute approximate surface area is 93.0 Å². The van der Waals surface area contributed by atoms with Gasteiger partial charge in [-0.1, -0.05) is 11.6 Å². The van der Waals surface area contributed by atoms with Crippen LogP contribution in [0.4, 0.5) is 0 Å². The number of ether oxygens (including phenoxy) is 1. The lowest BCUT2D eigenvalue weighted by molar-refractivity contribution is 0.183. The molecule has 2 rings (SSSR count). The molecule has 1 fully saturated rings. The molecule has 1 saturated heterocycles. The summed E-state index contributed by atoms with van der Waals surface area (Å²) in [4.78, 5) is 1.18. The minimum absolute atomic E-state index is 0.124. The van der Waals surface area contributed by atoms with Gasteiger partial charge in [-0.25, -0.2) is 0 Å². The summed E-state index contributed by atoms with van der Waals surface area (Å²) >= 11 is 7.44. The molecule has 0 spiro atoms. The van der Waals surface area contributed by atoms with Gasteiger partial charge in [0, 0.05) is 24.1 Å². The highest BCUT2D eigenvalue weighted by molar-refractivity contribution is 7.16. The van der Waals surface area contributed by atoms with Crippen molar-refractivity contribution in [2.24, 2.45) is 11.7 Å². The molecular weight excluding hydrogens is 218 g/mol. The fourth-order valence-corrected chi connectivity index (χ4v) is 2.85. The second kappa shape index (κ2) is 4.62. The molecule has 14 heavy (non-hydrogen) atoms. The van der Waals surface area contributed by atoms with E-state index in [1.54, 1.807) is 11.3 Å². The van der Waals surface area contributed by atoms with Gasteiger partial charge >= 0.3 is 0 Å². The molecule has 4 heteroatoms. The third-order valence-electron chi connectivity index (χ3n) is 2.57. The van der Waals surface area contributed by atoms with E-state index in [2.05, 4.69) is 0 Å². The number of rotatable bonds is 3. The van der Waals surface area contributed by atoms with E-state index in [0.29, 0.717) is 5.92 Å². The van der Waals surface area contributed by atoms with Crippen molar-refractivity contribution in [1.82, 2.24) is 0 Å². The molecule has 2 nitrogen and oxygen atoms in total. The second-order valence-electron chi connectivity index (χ2n) is 3.71. The topological polar surface area (TPSA) is 35.2 Å². The number of nitrogens with two attached hydrogens (primary N) is 1. The maximum Gasteiger partial charge on any atom is 0.0931 e. The molecule has 0 radical (unpaired) electrons. The van der Waals surface area contributed by atoms with Gasteiger partial charge in [0.15, 0.2) is 0 Å². The van der Waals surface area contributed by atoms with E-state index in [1.807, 2.05) is 12.1 Å². The van der Waals surface area contributed by atoms with Gasteiger partial charge in [0.05, 0.1) is 4.34 Å². The van der Waals surface area contributed by atoms with Crippen molar-refractivity contribution in [1.29, 1.82) is 0 Å². The zero-order valence-electron chi connectivity index (χ0n) is 7.91. The molecule has 2 heterocycles. The van der Waals surface area contributed by atoms with Gasteiger partial charge in [0.2, 0.25) is 0 Å². The highest BCUT2D eigenvalue weighted by Gasteiger charge is 2.20. The number of halogens is 1. The third kappa shape index (κ3) is 2.48. The summed E-state index contributed by atoms with van der Waals surface area (Å²) in [6.45, 7) is 1.76. The van der Waals surface area contributed by atoms with Crippen LogP contribution in [0.1, 0.15) is 23.8 Å². The van der Waals surface area contributed by atoms with Gasteiger partial charge in [0.1, 0.15) is 0 Å². The Morgan fingerprint density at radius 2 is 2.50 bits per heavy atom. The van der Waals surface area contributed by atoms with E-state index in [1.165, 1.54) is 4.88 Å². The maximum absolute atomic E-state index is 6.08. The SMILES string of the molecule is NC(CC1CCOC1)c1ccc(Cl)s1. The molecule has 0 aromatic carbocycles. The molecule has 1 aromatic heterocycles. The van der Waals surface area contributed by atoms with Gasteiger partial charge in [-0.05, 0) is 30.9 Å². The summed E-state index contributed by atoms with van der Waals surface area (Å²) in [5, 5.41) is 0. The molecule has 0 bridgehead atoms. The summed E-state index contributed by atoms with van der Waals surface area (Å²) in [7, 11) is 0. The lowest BCUT2D eigenvalue weighted by Gasteiger charge is -2.13. The number of thiophene rings is 1. The standard InChI is InChI=1S/C10H14ClNOS/c11-10-2-1-9(14-10)8(12)5-7-3-4-13-6-7/h1-2,7-8H,3-6,12H2. The molecule has 1 aliphatic rings. The van der Waals surface area contributed by atoms with Gasteiger partial charge in [-0.15, -0.1) is 11.3 Å². The molecular formula is C10H14ClNOS. The van der Waals surface area contributed by atoms with Crippen LogP contribution in [0.25, 0.3) is 0 Å². The maximum atomic E-state index is 6.08. The van der Waals surface area contributed by atoms with Crippen molar-refractivity contribution >= 4 is 22.9 Å². The van der Waals surface area contributed by atoms with Crippen LogP contribution >= 0.6 is 22.9 Å². The third-order valence-corrected chi connectivity index (χ3v) is 3.93. The van der Waals surface area contributed by atoms with Crippen molar-refractivity contribution < 1.29 is 4.74 Å². The lowest BCUT2D eigenvalue weighted by Crippen LogP contribution is -2.14. The predicted octanol–water partition coefficient (Wildman–Crippen LogP) is 2.83. The average molecular weight is 232 g/mol. The van der Waals surface area contributed by atoms with Gasteiger partial charge in [-0.3, -0.25) is 0 Å². The minimum atomic E-state index is 0.124. The van der Waals surface area contributed by atoms with E-state index in [4.69, 9.17) is 22.1 Å². The molecule has 1 aromatic rings. The first-order valence-electron chi connectivity index (χ1n) is 4.84. The van der Waals surface area contributed by atoms with E-state index in [9.17, 15) is 0 Å². The summed E-state index contributed by atoms with van der Waals surface area (Å²) in [6.07, 6.45) is 2.16. The summed E-state index contributed by atoms with van der Waals surface area (Å²) < 4.78 is 6.14. The van der Waals surface area contributed by atoms with E-state index in [-0.39, 0.29) is 6.04 Å². The van der Waals surface area contributed by atoms with Crippen LogP contribution in [0.3, 0.4) is 0 Å². The van der Waals surface area contributed by atoms with Crippen LogP contribution in [0.5, 0.6) is 0 Å². The highest BCUT2D eigenvalue weighted by atomic mass is 35.5. The van der Waals surface area contributed by atoms with Gasteiger partial charge < -0.3 is 10.5 Å². The Bertz CT molecular complexity index is 296. The zero-order valence-corrected chi connectivity index (χ0v) is 9.48. The molecule has 2 N–H and O–H groups in total. The van der Waals surface area contributed by atoms with Crippen LogP contribution in [-0.4, -0.2) is 13.2 Å². The monoisotopic (exact) mass is 231 g/mol. The van der Waals surface area contributed by atoms with Crippen LogP contribution in [0, 0.1) is 5.92 Å². The van der Waals surface area contributed by atoms with Crippen molar-refractivity contribution in [3.05, 3.63) is 21.3 Å². The first kappa shape index (κ1) is 10.4. The van der Waals surface area contributed by atoms with E-state index in [0.717, 1.165) is 30.4 Å². The van der Waals surface area contributed by atoms with Crippen molar-refractivity contribution in [2.45, 2.75) is 18.9 Å². The number of hydrogen-bond donors (Lipinski definition) is 1. The zero-order chi connectivity index (χ0) is 9.97. The van der Waals surface area contributed by atoms with Crippen LogP contribution in [-0.2, 0) is 4.74 Å². The Hall–Kier alpha value is -0.0900. The fraction of sp³-hybridized carbons (Fsp3) is 0.600. The molecule has 1 aliphatic heterocycles. The first-order valence-corrected chi connectivity index (χ1v) is 6.03. The van der Waals surface area contributed by atoms with E-state index < -0.39 is 0 Å². The molecule has 2 atom stereocenters. The first-order chi connectivity index (χ1) is 6.75. The Morgan fingerprint density at radius 1 is 1.64 bits per heavy atom. The van der Waals surface area contributed by atoms with Crippen molar-refractivity contribution in [3.63, 3.8) is 0 Å². The van der Waals surface area contributed by atoms with Crippen LogP contribution in [0.2, 0.25) is 4.34 Å². The smallest absolute Gasteiger partial charge is 0.0931 e. The highest BCUT2D eigenvalue weighted by Crippen LogP contribution is 2.30. The van der Waals surface area contributed by atoms with Crippen LogP contribution in [0.15, 0.2) is 12.1 Å². The molecule has 0 saturated carbocycles. The molecule has 0 aliphatic carbocycles. The van der Waals surface area contributed by atoms with Gasteiger partial charge in [0.25, 0.3) is 0 Å². The number of hydrogen-bond acceptors (Lipinski definition) is 3. The Kier molecular flexibility index (Phi) is 3.44. The van der Waals surface area contributed by atoms with E-state index >= 15 is 0 Å². The lowest BCUT2D eigenvalue weighted by atomic mass is 9.99. The fourth-order valence-electron chi connectivity index (χ4n) is 1.77. The summed E-state index contributed by atoms with van der Waals surface area (Å²) in [5.74, 6) is 0.630. The molecule has 78 valence electrons. The minimum Gasteiger partial charge on any atom is -0.381 e. The summed E-state index contributed by atoms with van der Waals surface area (Å²) in [6, 6.07) is 4.05. The van der Waals surface area contributed by atoms with Crippen molar-refractivity contribution in [2.75, 3.05) is 13.2 Å². The summed E-state index contributed by atoms with van der Waals surface area (Å²) in [5.41, 5.74) is 6.08. The second-order valence-corrected chi connectivity index (χ2v) is 5.46. The van der Waals surface area contributed by atoms with Crippen molar-refractivity contribution in [3.8, 4) is 0 Å². The largest absolute Gasteiger partial charge is 0.381 e. The average Bonchev–Trinajstić information content (AvgIpc) is 2.75. The Balaban J connectivity index is 1.91. The molecule has 2 unspecified atom stereocenters. The Morgan fingerprint density at radius 3 is 3.07 bits per heavy atom. The van der Waals surface area contributed by atoms with Gasteiger partial charge in [-0.2, -0.15) is 0 Å². The quantitative estimate of drug-likeness (QED) is 0.868. The van der Waals surface area contributed by atoms with Crippen LogP contribution < -0.4 is 5.73 Å². The normalized spacial score (nSPS) is 24.0. The predicted molar refractivity (Wildman–Crippen MR) is 59.8 cm³/mol.